The molecule has 1 atom stereocenters. The summed E-state index contributed by atoms with van der Waals surface area (Å²) in [5.41, 5.74) is 0. The maximum Gasteiger partial charge on any atom is 0.326 e. The van der Waals surface area contributed by atoms with Crippen molar-refractivity contribution in [3.8, 4) is 0 Å². The third kappa shape index (κ3) is 9.77. The van der Waals surface area contributed by atoms with Crippen LogP contribution in [0.4, 0.5) is 0 Å². The van der Waals surface area contributed by atoms with Gasteiger partial charge in [0.1, 0.15) is 6.04 Å². The molecule has 174 valence electrons. The Hall–Kier alpha value is -2.01. The monoisotopic (exact) mass is 473 g/mol. The fraction of sp³-hybridized carbons (Fsp3) is 0.650. The summed E-state index contributed by atoms with van der Waals surface area (Å²) in [5, 5.41) is 11.7. The summed E-state index contributed by atoms with van der Waals surface area (Å²) in [6, 6.07) is -0.850. The lowest BCUT2D eigenvalue weighted by molar-refractivity contribution is -0.148. The van der Waals surface area contributed by atoms with Crippen LogP contribution in [0.15, 0.2) is 12.2 Å². The van der Waals surface area contributed by atoms with Gasteiger partial charge in [-0.3, -0.25) is 24.1 Å². The summed E-state index contributed by atoms with van der Waals surface area (Å²) in [5.74, 6) is -1.31. The van der Waals surface area contributed by atoms with Gasteiger partial charge in [0, 0.05) is 55.6 Å². The van der Waals surface area contributed by atoms with Crippen molar-refractivity contribution in [1.82, 2.24) is 15.1 Å². The number of hydrogen-bond donors (Lipinski definition) is 2. The SMILES string of the molecule is C[C@@H](C(=O)O)N(C)C(=O)CCC(C)(C)SSCCCC(=O)NCCN1C(=O)C=CC1=O. The summed E-state index contributed by atoms with van der Waals surface area (Å²) in [6.07, 6.45) is 4.35. The first-order valence-corrected chi connectivity index (χ1v) is 12.4. The smallest absolute Gasteiger partial charge is 0.326 e. The van der Waals surface area contributed by atoms with Crippen molar-refractivity contribution in [1.29, 1.82) is 0 Å². The first-order chi connectivity index (χ1) is 14.4. The van der Waals surface area contributed by atoms with Gasteiger partial charge < -0.3 is 15.3 Å². The maximum absolute atomic E-state index is 12.2. The normalized spacial score (nSPS) is 14.6. The van der Waals surface area contributed by atoms with Crippen LogP contribution >= 0.6 is 21.6 Å². The van der Waals surface area contributed by atoms with E-state index in [-0.39, 0.29) is 47.9 Å². The van der Waals surface area contributed by atoms with Gasteiger partial charge >= 0.3 is 5.97 Å². The predicted molar refractivity (Wildman–Crippen MR) is 121 cm³/mol. The molecule has 1 aliphatic heterocycles. The number of nitrogens with one attached hydrogen (secondary N) is 1. The second-order valence-electron chi connectivity index (χ2n) is 7.80. The van der Waals surface area contributed by atoms with Gasteiger partial charge in [0.25, 0.3) is 11.8 Å². The van der Waals surface area contributed by atoms with Crippen molar-refractivity contribution in [2.24, 2.45) is 0 Å². The average molecular weight is 474 g/mol. The van der Waals surface area contributed by atoms with E-state index >= 15 is 0 Å². The molecule has 0 aromatic carbocycles. The molecular formula is C20H31N3O6S2. The fourth-order valence-electron chi connectivity index (χ4n) is 2.55. The van der Waals surface area contributed by atoms with E-state index in [9.17, 15) is 24.0 Å². The van der Waals surface area contributed by atoms with Crippen LogP contribution in [0.3, 0.4) is 0 Å². The molecule has 0 spiro atoms. The third-order valence-electron chi connectivity index (χ3n) is 4.75. The number of aliphatic carboxylic acids is 1. The fourth-order valence-corrected chi connectivity index (χ4v) is 5.21. The van der Waals surface area contributed by atoms with Gasteiger partial charge in [-0.15, -0.1) is 0 Å². The number of carbonyl (C=O) groups excluding carboxylic acids is 4. The van der Waals surface area contributed by atoms with E-state index in [2.05, 4.69) is 5.32 Å². The topological polar surface area (TPSA) is 124 Å². The summed E-state index contributed by atoms with van der Waals surface area (Å²) in [7, 11) is 4.77. The Morgan fingerprint density at radius 2 is 1.81 bits per heavy atom. The molecule has 1 heterocycles. The molecule has 0 aromatic rings. The molecule has 0 fully saturated rings. The number of carbonyl (C=O) groups is 5. The van der Waals surface area contributed by atoms with E-state index in [1.807, 2.05) is 13.8 Å². The minimum absolute atomic E-state index is 0.127. The zero-order valence-electron chi connectivity index (χ0n) is 18.4. The second kappa shape index (κ2) is 12.7. The predicted octanol–water partition coefficient (Wildman–Crippen LogP) is 1.68. The van der Waals surface area contributed by atoms with Crippen LogP contribution in [0.2, 0.25) is 0 Å². The molecular weight excluding hydrogens is 442 g/mol. The zero-order chi connectivity index (χ0) is 23.6. The quantitative estimate of drug-likeness (QED) is 0.222. The Kier molecular flexibility index (Phi) is 11.1. The Morgan fingerprint density at radius 1 is 1.19 bits per heavy atom. The molecule has 31 heavy (non-hydrogen) atoms. The van der Waals surface area contributed by atoms with Gasteiger partial charge in [0.2, 0.25) is 11.8 Å². The maximum atomic E-state index is 12.2. The highest BCUT2D eigenvalue weighted by molar-refractivity contribution is 8.77. The minimum atomic E-state index is -1.03. The Morgan fingerprint density at radius 3 is 2.39 bits per heavy atom. The van der Waals surface area contributed by atoms with E-state index < -0.39 is 12.0 Å². The van der Waals surface area contributed by atoms with Gasteiger partial charge in [-0.05, 0) is 33.6 Å². The van der Waals surface area contributed by atoms with Crippen LogP contribution in [0, 0.1) is 0 Å². The summed E-state index contributed by atoms with van der Waals surface area (Å²) < 4.78 is -0.168. The largest absolute Gasteiger partial charge is 0.480 e. The molecule has 4 amide bonds. The number of rotatable bonds is 14. The van der Waals surface area contributed by atoms with E-state index in [1.54, 1.807) is 21.6 Å². The molecule has 0 saturated carbocycles. The second-order valence-corrected chi connectivity index (χ2v) is 10.9. The van der Waals surface area contributed by atoms with E-state index in [4.69, 9.17) is 5.11 Å². The van der Waals surface area contributed by atoms with Crippen molar-refractivity contribution in [2.75, 3.05) is 25.9 Å². The van der Waals surface area contributed by atoms with Crippen molar-refractivity contribution in [2.45, 2.75) is 57.2 Å². The highest BCUT2D eigenvalue weighted by Crippen LogP contribution is 2.39. The molecule has 9 nitrogen and oxygen atoms in total. The van der Waals surface area contributed by atoms with Crippen LogP contribution in [0.1, 0.15) is 46.5 Å². The van der Waals surface area contributed by atoms with Crippen LogP contribution < -0.4 is 5.32 Å². The number of nitrogens with zero attached hydrogens (tertiary/aromatic N) is 2. The summed E-state index contributed by atoms with van der Waals surface area (Å²) in [6.45, 7) is 5.93. The molecule has 1 aliphatic rings. The van der Waals surface area contributed by atoms with Gasteiger partial charge in [0.15, 0.2) is 0 Å². The Balaban J connectivity index is 2.15. The Bertz CT molecular complexity index is 708. The first-order valence-electron chi connectivity index (χ1n) is 10.0. The number of likely N-dealkylation sites (N-methyl/N-ethyl adjacent to an activating group) is 1. The summed E-state index contributed by atoms with van der Waals surface area (Å²) in [4.78, 5) is 60.2. The van der Waals surface area contributed by atoms with Gasteiger partial charge in [-0.25, -0.2) is 4.79 Å². The molecule has 0 aromatic heterocycles. The number of amides is 4. The molecule has 11 heteroatoms. The standard InChI is InChI=1S/C20H31N3O6S2/c1-14(19(28)29)22(4)16(25)9-10-20(2,3)31-30-13-5-6-15(24)21-11-12-23-17(26)7-8-18(23)27/h7-8,14H,5-6,9-13H2,1-4H3,(H,21,24)(H,28,29)/t14-/m0/s1. The van der Waals surface area contributed by atoms with Gasteiger partial charge in [-0.2, -0.15) is 0 Å². The van der Waals surface area contributed by atoms with Crippen molar-refractivity contribution in [3.05, 3.63) is 12.2 Å². The number of carboxylic acid groups (broad SMARTS) is 1. The van der Waals surface area contributed by atoms with Crippen LogP contribution in [-0.2, 0) is 24.0 Å². The molecule has 2 N–H and O–H groups in total. The molecule has 0 bridgehead atoms. The highest BCUT2D eigenvalue weighted by Gasteiger charge is 2.25. The van der Waals surface area contributed by atoms with Crippen LogP contribution in [0.5, 0.6) is 0 Å². The van der Waals surface area contributed by atoms with E-state index in [0.717, 1.165) is 10.7 Å². The number of imide groups is 1. The molecule has 1 rings (SSSR count). The molecule has 0 aliphatic carbocycles. The first kappa shape index (κ1) is 27.0. The average Bonchev–Trinajstić information content (AvgIpc) is 3.02. The van der Waals surface area contributed by atoms with Crippen LogP contribution in [0.25, 0.3) is 0 Å². The van der Waals surface area contributed by atoms with Gasteiger partial charge in [0.05, 0.1) is 0 Å². The van der Waals surface area contributed by atoms with Crippen molar-refractivity contribution >= 4 is 51.2 Å². The zero-order valence-corrected chi connectivity index (χ0v) is 20.0. The summed E-state index contributed by atoms with van der Waals surface area (Å²) >= 11 is 0. The van der Waals surface area contributed by atoms with E-state index in [0.29, 0.717) is 19.3 Å². The molecule has 0 saturated heterocycles. The molecule has 0 radical (unpaired) electrons. The van der Waals surface area contributed by atoms with Crippen molar-refractivity contribution < 1.29 is 29.1 Å². The van der Waals surface area contributed by atoms with E-state index in [1.165, 1.54) is 31.0 Å². The minimum Gasteiger partial charge on any atom is -0.480 e. The number of hydrogen-bond acceptors (Lipinski definition) is 7. The van der Waals surface area contributed by atoms with Gasteiger partial charge in [-0.1, -0.05) is 21.6 Å². The van der Waals surface area contributed by atoms with Crippen molar-refractivity contribution in [3.63, 3.8) is 0 Å². The van der Waals surface area contributed by atoms with Crippen LogP contribution in [-0.4, -0.2) is 81.2 Å². The Labute approximate surface area is 190 Å². The third-order valence-corrected chi connectivity index (χ3v) is 8.18. The lowest BCUT2D eigenvalue weighted by atomic mass is 10.1. The lowest BCUT2D eigenvalue weighted by Crippen LogP contribution is -2.40. The molecule has 0 unspecified atom stereocenters. The number of carboxylic acids is 1. The highest BCUT2D eigenvalue weighted by atomic mass is 33.1. The lowest BCUT2D eigenvalue weighted by Gasteiger charge is -2.26.